The Bertz CT molecular complexity index is 654. The third-order valence-electron chi connectivity index (χ3n) is 2.73. The van der Waals surface area contributed by atoms with Gasteiger partial charge in [-0.15, -0.1) is 0 Å². The molecular weight excluding hydrogens is 309 g/mol. The van der Waals surface area contributed by atoms with Gasteiger partial charge in [-0.2, -0.15) is 13.2 Å². The summed E-state index contributed by atoms with van der Waals surface area (Å²) < 4.78 is 65.3. The molecule has 0 fully saturated rings. The third-order valence-corrected chi connectivity index (χ3v) is 3.75. The van der Waals surface area contributed by atoms with E-state index in [9.17, 15) is 22.0 Å². The minimum atomic E-state index is -4.55. The van der Waals surface area contributed by atoms with Crippen molar-refractivity contribution >= 4 is 11.8 Å². The summed E-state index contributed by atoms with van der Waals surface area (Å²) in [6.07, 6.45) is -4.55. The SMILES string of the molecule is NCc1ccc(Sc2cc(F)ccc2F)cc1C(F)(F)F. The Labute approximate surface area is 122 Å². The highest BCUT2D eigenvalue weighted by atomic mass is 32.2. The molecule has 0 aliphatic carbocycles. The van der Waals surface area contributed by atoms with E-state index in [-0.39, 0.29) is 21.9 Å². The van der Waals surface area contributed by atoms with E-state index in [1.807, 2.05) is 0 Å². The number of hydrogen-bond acceptors (Lipinski definition) is 2. The van der Waals surface area contributed by atoms with Crippen LogP contribution in [0.2, 0.25) is 0 Å². The normalized spacial score (nSPS) is 11.7. The van der Waals surface area contributed by atoms with Gasteiger partial charge in [-0.1, -0.05) is 17.8 Å². The van der Waals surface area contributed by atoms with Crippen LogP contribution in [0.4, 0.5) is 22.0 Å². The molecule has 0 bridgehead atoms. The van der Waals surface area contributed by atoms with Crippen LogP contribution in [0.15, 0.2) is 46.2 Å². The molecule has 0 saturated heterocycles. The predicted molar refractivity (Wildman–Crippen MR) is 69.8 cm³/mol. The molecule has 2 aromatic carbocycles. The van der Waals surface area contributed by atoms with Gasteiger partial charge in [0, 0.05) is 11.4 Å². The van der Waals surface area contributed by atoms with E-state index in [0.29, 0.717) is 0 Å². The number of alkyl halides is 3. The van der Waals surface area contributed by atoms with Crippen molar-refractivity contribution in [3.63, 3.8) is 0 Å². The summed E-state index contributed by atoms with van der Waals surface area (Å²) in [5.41, 5.74) is 4.36. The lowest BCUT2D eigenvalue weighted by atomic mass is 10.1. The number of nitrogens with two attached hydrogens (primary N) is 1. The lowest BCUT2D eigenvalue weighted by molar-refractivity contribution is -0.138. The van der Waals surface area contributed by atoms with Crippen molar-refractivity contribution in [3.8, 4) is 0 Å². The highest BCUT2D eigenvalue weighted by Crippen LogP contribution is 2.37. The molecule has 0 aliphatic rings. The first-order valence-corrected chi connectivity index (χ1v) is 6.66. The summed E-state index contributed by atoms with van der Waals surface area (Å²) in [4.78, 5) is 0.0765. The van der Waals surface area contributed by atoms with E-state index < -0.39 is 23.4 Å². The summed E-state index contributed by atoms with van der Waals surface area (Å²) in [6, 6.07) is 6.32. The van der Waals surface area contributed by atoms with Crippen LogP contribution in [0, 0.1) is 11.6 Å². The first-order chi connectivity index (χ1) is 9.81. The molecule has 1 nitrogen and oxygen atoms in total. The summed E-state index contributed by atoms with van der Waals surface area (Å²) >= 11 is 0.722. The van der Waals surface area contributed by atoms with Gasteiger partial charge in [0.2, 0.25) is 0 Å². The van der Waals surface area contributed by atoms with E-state index >= 15 is 0 Å². The maximum atomic E-state index is 13.5. The van der Waals surface area contributed by atoms with Crippen molar-refractivity contribution < 1.29 is 22.0 Å². The summed E-state index contributed by atoms with van der Waals surface area (Å²) in [6.45, 7) is -0.256. The smallest absolute Gasteiger partial charge is 0.326 e. The van der Waals surface area contributed by atoms with Gasteiger partial charge >= 0.3 is 6.18 Å². The van der Waals surface area contributed by atoms with E-state index in [4.69, 9.17) is 5.73 Å². The van der Waals surface area contributed by atoms with Crippen molar-refractivity contribution in [1.82, 2.24) is 0 Å². The van der Waals surface area contributed by atoms with Gasteiger partial charge in [-0.25, -0.2) is 8.78 Å². The largest absolute Gasteiger partial charge is 0.416 e. The molecule has 0 atom stereocenters. The molecule has 112 valence electrons. The maximum absolute atomic E-state index is 13.5. The summed E-state index contributed by atoms with van der Waals surface area (Å²) in [5, 5.41) is 0. The standard InChI is InChI=1S/C14H10F5NS/c15-9-2-4-12(16)13(5-9)21-10-3-1-8(7-20)11(6-10)14(17,18)19/h1-6H,7,20H2. The van der Waals surface area contributed by atoms with Crippen LogP contribution in [-0.4, -0.2) is 0 Å². The van der Waals surface area contributed by atoms with Crippen molar-refractivity contribution in [2.45, 2.75) is 22.5 Å². The topological polar surface area (TPSA) is 26.0 Å². The second-order valence-corrected chi connectivity index (χ2v) is 5.31. The molecule has 0 saturated carbocycles. The average Bonchev–Trinajstić information content (AvgIpc) is 2.42. The number of halogens is 5. The quantitative estimate of drug-likeness (QED) is 0.837. The molecule has 2 N–H and O–H groups in total. The van der Waals surface area contributed by atoms with Crippen molar-refractivity contribution in [2.24, 2.45) is 5.73 Å². The molecule has 0 radical (unpaired) electrons. The van der Waals surface area contributed by atoms with Gasteiger partial charge in [0.1, 0.15) is 11.6 Å². The fourth-order valence-corrected chi connectivity index (χ4v) is 2.65. The van der Waals surface area contributed by atoms with Crippen LogP contribution in [0.1, 0.15) is 11.1 Å². The second kappa shape index (κ2) is 6.03. The van der Waals surface area contributed by atoms with Gasteiger partial charge in [0.15, 0.2) is 0 Å². The predicted octanol–water partition coefficient (Wildman–Crippen LogP) is 4.59. The van der Waals surface area contributed by atoms with Crippen molar-refractivity contribution in [3.05, 3.63) is 59.2 Å². The number of rotatable bonds is 3. The Morgan fingerprint density at radius 3 is 2.33 bits per heavy atom. The Morgan fingerprint density at radius 1 is 1.00 bits per heavy atom. The van der Waals surface area contributed by atoms with Gasteiger partial charge in [-0.3, -0.25) is 0 Å². The van der Waals surface area contributed by atoms with Gasteiger partial charge in [0.25, 0.3) is 0 Å². The Morgan fingerprint density at radius 2 is 1.71 bits per heavy atom. The van der Waals surface area contributed by atoms with Crippen molar-refractivity contribution in [1.29, 1.82) is 0 Å². The van der Waals surface area contributed by atoms with Gasteiger partial charge in [0.05, 0.1) is 10.5 Å². The molecule has 21 heavy (non-hydrogen) atoms. The van der Waals surface area contributed by atoms with Crippen LogP contribution >= 0.6 is 11.8 Å². The summed E-state index contributed by atoms with van der Waals surface area (Å²) in [7, 11) is 0. The number of hydrogen-bond donors (Lipinski definition) is 1. The first kappa shape index (κ1) is 15.8. The maximum Gasteiger partial charge on any atom is 0.416 e. The van der Waals surface area contributed by atoms with E-state index in [2.05, 4.69) is 0 Å². The lowest BCUT2D eigenvalue weighted by Crippen LogP contribution is -2.11. The Kier molecular flexibility index (Phi) is 4.53. The molecule has 2 rings (SSSR count). The monoisotopic (exact) mass is 319 g/mol. The molecule has 0 aromatic heterocycles. The summed E-state index contributed by atoms with van der Waals surface area (Å²) in [5.74, 6) is -1.36. The molecule has 2 aromatic rings. The zero-order valence-electron chi connectivity index (χ0n) is 10.5. The van der Waals surface area contributed by atoms with E-state index in [1.165, 1.54) is 12.1 Å². The first-order valence-electron chi connectivity index (χ1n) is 5.84. The average molecular weight is 319 g/mol. The van der Waals surface area contributed by atoms with E-state index in [1.54, 1.807) is 0 Å². The molecule has 0 heterocycles. The number of benzene rings is 2. The molecule has 7 heteroatoms. The van der Waals surface area contributed by atoms with E-state index in [0.717, 1.165) is 36.0 Å². The molecule has 0 unspecified atom stereocenters. The van der Waals surface area contributed by atoms with Crippen LogP contribution in [0.25, 0.3) is 0 Å². The Balaban J connectivity index is 2.39. The fourth-order valence-electron chi connectivity index (χ4n) is 1.74. The van der Waals surface area contributed by atoms with Crippen molar-refractivity contribution in [2.75, 3.05) is 0 Å². The zero-order chi connectivity index (χ0) is 15.6. The fraction of sp³-hybridized carbons (Fsp3) is 0.143. The Hall–Kier alpha value is -1.60. The lowest BCUT2D eigenvalue weighted by Gasteiger charge is -2.13. The molecular formula is C14H10F5NS. The molecule has 0 aliphatic heterocycles. The van der Waals surface area contributed by atoms with Crippen LogP contribution < -0.4 is 5.73 Å². The molecule has 0 amide bonds. The van der Waals surface area contributed by atoms with Crippen LogP contribution in [-0.2, 0) is 12.7 Å². The van der Waals surface area contributed by atoms with Crippen LogP contribution in [0.5, 0.6) is 0 Å². The minimum Gasteiger partial charge on any atom is -0.326 e. The van der Waals surface area contributed by atoms with Crippen LogP contribution in [0.3, 0.4) is 0 Å². The highest BCUT2D eigenvalue weighted by Gasteiger charge is 2.33. The highest BCUT2D eigenvalue weighted by molar-refractivity contribution is 7.99. The third kappa shape index (κ3) is 3.74. The van der Waals surface area contributed by atoms with Gasteiger partial charge < -0.3 is 5.73 Å². The second-order valence-electron chi connectivity index (χ2n) is 4.20. The van der Waals surface area contributed by atoms with Gasteiger partial charge in [-0.05, 0) is 35.9 Å². The molecule has 0 spiro atoms. The zero-order valence-corrected chi connectivity index (χ0v) is 11.4. The minimum absolute atomic E-state index is 0.0495.